The highest BCUT2D eigenvalue weighted by Crippen LogP contribution is 2.37. The van der Waals surface area contributed by atoms with Gasteiger partial charge in [0.2, 0.25) is 5.88 Å². The zero-order chi connectivity index (χ0) is 16.4. The number of aromatic amines is 1. The van der Waals surface area contributed by atoms with Gasteiger partial charge in [0.1, 0.15) is 0 Å². The van der Waals surface area contributed by atoms with Crippen molar-refractivity contribution in [2.24, 2.45) is 0 Å². The summed E-state index contributed by atoms with van der Waals surface area (Å²) in [6, 6.07) is 10.6. The van der Waals surface area contributed by atoms with E-state index < -0.39 is 0 Å². The average Bonchev–Trinajstić information content (AvgIpc) is 2.82. The van der Waals surface area contributed by atoms with Crippen LogP contribution in [0.5, 0.6) is 5.88 Å². The molecule has 0 aliphatic carbocycles. The highest BCUT2D eigenvalue weighted by molar-refractivity contribution is 5.99. The Labute approximate surface area is 142 Å². The van der Waals surface area contributed by atoms with Gasteiger partial charge in [0.05, 0.1) is 6.61 Å². The Morgan fingerprint density at radius 3 is 2.88 bits per heavy atom. The molecule has 4 nitrogen and oxygen atoms in total. The van der Waals surface area contributed by atoms with Crippen LogP contribution in [0.1, 0.15) is 24.6 Å². The Hall–Kier alpha value is -2.33. The lowest BCUT2D eigenvalue weighted by Crippen LogP contribution is -2.16. The van der Waals surface area contributed by atoms with Crippen LogP contribution in [0.15, 0.2) is 36.5 Å². The summed E-state index contributed by atoms with van der Waals surface area (Å²) in [5.41, 5.74) is 6.31. The molecular formula is C20H23N3O. The largest absolute Gasteiger partial charge is 0.477 e. The standard InChI is InChI=1S/C20H23N3O/c1-2-13-24-20-15(6-4-10-22-20)14-5-3-7-18-19(14)16-8-11-21-12-9-17(16)23-18/h3-7,10,21,23H,2,8-9,11-13H2,1H3. The minimum atomic E-state index is 0.690. The smallest absolute Gasteiger partial charge is 0.221 e. The molecule has 3 heterocycles. The predicted octanol–water partition coefficient (Wildman–Crippen LogP) is 3.71. The molecular weight excluding hydrogens is 298 g/mol. The van der Waals surface area contributed by atoms with Gasteiger partial charge in [-0.25, -0.2) is 4.98 Å². The number of hydrogen-bond acceptors (Lipinski definition) is 3. The summed E-state index contributed by atoms with van der Waals surface area (Å²) in [5.74, 6) is 0.730. The number of nitrogens with zero attached hydrogens (tertiary/aromatic N) is 1. The Morgan fingerprint density at radius 2 is 1.96 bits per heavy atom. The van der Waals surface area contributed by atoms with Crippen LogP contribution < -0.4 is 10.1 Å². The van der Waals surface area contributed by atoms with Gasteiger partial charge in [0.25, 0.3) is 0 Å². The summed E-state index contributed by atoms with van der Waals surface area (Å²) in [6.45, 7) is 4.87. The molecule has 1 aliphatic rings. The summed E-state index contributed by atoms with van der Waals surface area (Å²) in [5, 5.41) is 4.81. The van der Waals surface area contributed by atoms with Crippen LogP contribution in [-0.4, -0.2) is 29.7 Å². The first-order chi connectivity index (χ1) is 11.9. The van der Waals surface area contributed by atoms with Gasteiger partial charge in [-0.05, 0) is 48.7 Å². The molecule has 1 aliphatic heterocycles. The number of fused-ring (bicyclic) bond motifs is 3. The molecule has 0 bridgehead atoms. The maximum atomic E-state index is 5.90. The summed E-state index contributed by atoms with van der Waals surface area (Å²) in [4.78, 5) is 8.10. The fourth-order valence-electron chi connectivity index (χ4n) is 3.55. The van der Waals surface area contributed by atoms with E-state index in [-0.39, 0.29) is 0 Å². The minimum Gasteiger partial charge on any atom is -0.477 e. The third-order valence-corrected chi connectivity index (χ3v) is 4.62. The highest BCUT2D eigenvalue weighted by atomic mass is 16.5. The summed E-state index contributed by atoms with van der Waals surface area (Å²) in [7, 11) is 0. The fraction of sp³-hybridized carbons (Fsp3) is 0.350. The Bertz CT molecular complexity index is 853. The molecule has 2 aromatic heterocycles. The van der Waals surface area contributed by atoms with Gasteiger partial charge in [0.15, 0.2) is 0 Å². The molecule has 0 fully saturated rings. The Kier molecular flexibility index (Phi) is 4.22. The molecule has 0 saturated carbocycles. The number of ether oxygens (including phenoxy) is 1. The normalized spacial score (nSPS) is 14.4. The van der Waals surface area contributed by atoms with Crippen LogP contribution in [0.2, 0.25) is 0 Å². The molecule has 4 heteroatoms. The van der Waals surface area contributed by atoms with E-state index in [0.717, 1.165) is 43.8 Å². The fourth-order valence-corrected chi connectivity index (χ4v) is 3.55. The van der Waals surface area contributed by atoms with Gasteiger partial charge >= 0.3 is 0 Å². The summed E-state index contributed by atoms with van der Waals surface area (Å²) in [6.07, 6.45) is 4.88. The van der Waals surface area contributed by atoms with Crippen molar-refractivity contribution in [2.45, 2.75) is 26.2 Å². The van der Waals surface area contributed by atoms with Gasteiger partial charge < -0.3 is 15.0 Å². The lowest BCUT2D eigenvalue weighted by Gasteiger charge is -2.12. The van der Waals surface area contributed by atoms with Gasteiger partial charge in [-0.2, -0.15) is 0 Å². The molecule has 3 aromatic rings. The van der Waals surface area contributed by atoms with E-state index in [2.05, 4.69) is 46.5 Å². The van der Waals surface area contributed by atoms with Crippen molar-refractivity contribution in [3.8, 4) is 17.0 Å². The van der Waals surface area contributed by atoms with Crippen LogP contribution in [0.4, 0.5) is 0 Å². The van der Waals surface area contributed by atoms with E-state index in [4.69, 9.17) is 4.74 Å². The maximum Gasteiger partial charge on any atom is 0.221 e. The SMILES string of the molecule is CCCOc1ncccc1-c1cccc2[nH]c3c(c12)CCNCC3. The summed E-state index contributed by atoms with van der Waals surface area (Å²) >= 11 is 0. The van der Waals surface area contributed by atoms with Crippen LogP contribution in [-0.2, 0) is 12.8 Å². The van der Waals surface area contributed by atoms with E-state index in [1.165, 1.54) is 27.7 Å². The second-order valence-electron chi connectivity index (χ2n) is 6.26. The van der Waals surface area contributed by atoms with E-state index in [0.29, 0.717) is 6.61 Å². The van der Waals surface area contributed by atoms with Crippen molar-refractivity contribution >= 4 is 10.9 Å². The van der Waals surface area contributed by atoms with Crippen molar-refractivity contribution in [1.29, 1.82) is 0 Å². The number of pyridine rings is 1. The van der Waals surface area contributed by atoms with Crippen molar-refractivity contribution < 1.29 is 4.74 Å². The lowest BCUT2D eigenvalue weighted by atomic mass is 9.97. The van der Waals surface area contributed by atoms with Crippen molar-refractivity contribution in [3.63, 3.8) is 0 Å². The molecule has 124 valence electrons. The molecule has 0 radical (unpaired) electrons. The van der Waals surface area contributed by atoms with Gasteiger partial charge in [0, 0.05) is 41.3 Å². The molecule has 4 rings (SSSR count). The Balaban J connectivity index is 1.90. The second kappa shape index (κ2) is 6.65. The van der Waals surface area contributed by atoms with Crippen LogP contribution >= 0.6 is 0 Å². The molecule has 1 aromatic carbocycles. The van der Waals surface area contributed by atoms with Crippen molar-refractivity contribution in [2.75, 3.05) is 19.7 Å². The molecule has 0 spiro atoms. The first-order valence-electron chi connectivity index (χ1n) is 8.80. The number of nitrogens with one attached hydrogen (secondary N) is 2. The van der Waals surface area contributed by atoms with E-state index in [9.17, 15) is 0 Å². The lowest BCUT2D eigenvalue weighted by molar-refractivity contribution is 0.307. The zero-order valence-electron chi connectivity index (χ0n) is 14.1. The molecule has 0 atom stereocenters. The van der Waals surface area contributed by atoms with Crippen molar-refractivity contribution in [1.82, 2.24) is 15.3 Å². The van der Waals surface area contributed by atoms with E-state index in [1.54, 1.807) is 6.20 Å². The highest BCUT2D eigenvalue weighted by Gasteiger charge is 2.19. The quantitative estimate of drug-likeness (QED) is 0.770. The van der Waals surface area contributed by atoms with Gasteiger partial charge in [-0.3, -0.25) is 0 Å². The molecule has 0 amide bonds. The van der Waals surface area contributed by atoms with Gasteiger partial charge in [-0.15, -0.1) is 0 Å². The van der Waals surface area contributed by atoms with E-state index in [1.807, 2.05) is 6.07 Å². The second-order valence-corrected chi connectivity index (χ2v) is 6.26. The third kappa shape index (κ3) is 2.67. The number of H-pyrrole nitrogens is 1. The topological polar surface area (TPSA) is 49.9 Å². The number of aromatic nitrogens is 2. The maximum absolute atomic E-state index is 5.90. The first-order valence-corrected chi connectivity index (χ1v) is 8.80. The molecule has 0 saturated heterocycles. The molecule has 2 N–H and O–H groups in total. The van der Waals surface area contributed by atoms with Crippen LogP contribution in [0.3, 0.4) is 0 Å². The monoisotopic (exact) mass is 321 g/mol. The van der Waals surface area contributed by atoms with Gasteiger partial charge in [-0.1, -0.05) is 19.1 Å². The minimum absolute atomic E-state index is 0.690. The third-order valence-electron chi connectivity index (χ3n) is 4.62. The first kappa shape index (κ1) is 15.2. The number of rotatable bonds is 4. The average molecular weight is 321 g/mol. The Morgan fingerprint density at radius 1 is 1.08 bits per heavy atom. The number of benzene rings is 1. The van der Waals surface area contributed by atoms with E-state index >= 15 is 0 Å². The van der Waals surface area contributed by atoms with Crippen molar-refractivity contribution in [3.05, 3.63) is 47.8 Å². The number of hydrogen-bond donors (Lipinski definition) is 2. The molecule has 0 unspecified atom stereocenters. The van der Waals surface area contributed by atoms with Crippen LogP contribution in [0.25, 0.3) is 22.0 Å². The molecule has 24 heavy (non-hydrogen) atoms. The predicted molar refractivity (Wildman–Crippen MR) is 97.6 cm³/mol. The summed E-state index contributed by atoms with van der Waals surface area (Å²) < 4.78 is 5.90. The van der Waals surface area contributed by atoms with Crippen LogP contribution in [0, 0.1) is 0 Å². The zero-order valence-corrected chi connectivity index (χ0v) is 14.1.